The van der Waals surface area contributed by atoms with Crippen LogP contribution in [0.1, 0.15) is 43.0 Å². The van der Waals surface area contributed by atoms with Crippen molar-refractivity contribution in [3.05, 3.63) is 64.2 Å². The zero-order valence-corrected chi connectivity index (χ0v) is 16.8. The molecule has 0 aliphatic carbocycles. The summed E-state index contributed by atoms with van der Waals surface area (Å²) in [7, 11) is 0. The van der Waals surface area contributed by atoms with Crippen LogP contribution >= 0.6 is 11.6 Å². The van der Waals surface area contributed by atoms with Crippen molar-refractivity contribution in [3.63, 3.8) is 0 Å². The molecule has 0 radical (unpaired) electrons. The number of Topliss-reactive ketones (excluding diaryl/α,β-unsaturated/α-hetero) is 1. The van der Waals surface area contributed by atoms with Crippen molar-refractivity contribution < 1.29 is 32.3 Å². The van der Waals surface area contributed by atoms with Crippen LogP contribution in [-0.2, 0) is 15.8 Å². The van der Waals surface area contributed by atoms with Crippen LogP contribution in [0.2, 0.25) is 5.02 Å². The molecule has 5 nitrogen and oxygen atoms in total. The van der Waals surface area contributed by atoms with Gasteiger partial charge in [-0.15, -0.1) is 0 Å². The third kappa shape index (κ3) is 5.34. The number of carbonyl (C=O) groups excluding carboxylic acids is 1. The molecule has 0 amide bonds. The molecule has 0 aliphatic rings. The number of carbonyl (C=O) groups is 2. The molecule has 2 aromatic rings. The zero-order chi connectivity index (χ0) is 22.9. The van der Waals surface area contributed by atoms with Crippen LogP contribution in [0.25, 0.3) is 0 Å². The summed E-state index contributed by atoms with van der Waals surface area (Å²) in [5, 5.41) is 9.24. The van der Waals surface area contributed by atoms with Crippen LogP contribution in [-0.4, -0.2) is 27.9 Å². The summed E-state index contributed by atoms with van der Waals surface area (Å²) in [6.07, 6.45) is -4.13. The van der Waals surface area contributed by atoms with Gasteiger partial charge in [-0.05, 0) is 35.9 Å². The second-order valence-electron chi connectivity index (χ2n) is 7.40. The quantitative estimate of drug-likeness (QED) is 0.614. The number of aromatic nitrogens is 1. The van der Waals surface area contributed by atoms with Crippen molar-refractivity contribution in [2.24, 2.45) is 11.1 Å². The Kier molecular flexibility index (Phi) is 6.88. The topological polar surface area (TPSA) is 93.3 Å². The van der Waals surface area contributed by atoms with Gasteiger partial charge in [0.25, 0.3) is 0 Å². The maximum absolute atomic E-state index is 14.1. The van der Waals surface area contributed by atoms with Gasteiger partial charge in [-0.25, -0.2) is 4.39 Å². The fourth-order valence-corrected chi connectivity index (χ4v) is 3.28. The number of hydrogen-bond donors (Lipinski definition) is 2. The lowest BCUT2D eigenvalue weighted by molar-refractivity contribution is -0.141. The highest BCUT2D eigenvalue weighted by atomic mass is 35.5. The summed E-state index contributed by atoms with van der Waals surface area (Å²) in [4.78, 5) is 28.0. The minimum Gasteiger partial charge on any atom is -0.480 e. The number of alkyl halides is 3. The average Bonchev–Trinajstić information content (AvgIpc) is 2.62. The molecule has 2 atom stereocenters. The smallest absolute Gasteiger partial charge is 0.416 e. The lowest BCUT2D eigenvalue weighted by atomic mass is 9.69. The Morgan fingerprint density at radius 3 is 2.33 bits per heavy atom. The van der Waals surface area contributed by atoms with E-state index in [1.807, 2.05) is 0 Å². The first kappa shape index (κ1) is 23.8. The van der Waals surface area contributed by atoms with E-state index in [2.05, 4.69) is 4.98 Å². The molecule has 162 valence electrons. The van der Waals surface area contributed by atoms with Crippen LogP contribution in [0.3, 0.4) is 0 Å². The Hall–Kier alpha value is -2.52. The van der Waals surface area contributed by atoms with Gasteiger partial charge in [-0.1, -0.05) is 25.4 Å². The van der Waals surface area contributed by atoms with E-state index in [1.165, 1.54) is 32.2 Å². The number of nitrogens with two attached hydrogens (primary N) is 1. The SMILES string of the molecule is CC(C)(C(=O)CC(N)C(=O)O)C(c1cc(F)cc(C(F)(F)F)c1)c1ccc(Cl)cn1. The molecular formula is C20H19ClF4N2O3. The molecule has 0 aliphatic heterocycles. The molecule has 1 aromatic carbocycles. The number of pyridine rings is 1. The van der Waals surface area contributed by atoms with Gasteiger partial charge < -0.3 is 10.8 Å². The normalized spacial score (nSPS) is 14.3. The average molecular weight is 447 g/mol. The predicted octanol–water partition coefficient (Wildman–Crippen LogP) is 4.42. The fourth-order valence-electron chi connectivity index (χ4n) is 3.17. The van der Waals surface area contributed by atoms with Crippen molar-refractivity contribution in [1.82, 2.24) is 4.98 Å². The van der Waals surface area contributed by atoms with Crippen molar-refractivity contribution in [2.75, 3.05) is 0 Å². The molecule has 1 aromatic heterocycles. The van der Waals surface area contributed by atoms with Gasteiger partial charge in [-0.2, -0.15) is 13.2 Å². The van der Waals surface area contributed by atoms with E-state index in [0.717, 1.165) is 12.1 Å². The maximum Gasteiger partial charge on any atom is 0.416 e. The molecular weight excluding hydrogens is 428 g/mol. The van der Waals surface area contributed by atoms with E-state index in [1.54, 1.807) is 0 Å². The molecule has 0 fully saturated rings. The maximum atomic E-state index is 14.1. The highest BCUT2D eigenvalue weighted by molar-refractivity contribution is 6.30. The summed E-state index contributed by atoms with van der Waals surface area (Å²) in [5.41, 5.74) is 2.79. The highest BCUT2D eigenvalue weighted by Crippen LogP contribution is 2.43. The standard InChI is InChI=1S/C20H19ClF4N2O3/c1-19(2,16(28)8-14(26)18(29)30)17(15-4-3-12(21)9-27-15)10-5-11(20(23,24)25)7-13(22)6-10/h3-7,9,14,17H,8,26H2,1-2H3,(H,29,30). The zero-order valence-electron chi connectivity index (χ0n) is 16.0. The summed E-state index contributed by atoms with van der Waals surface area (Å²) in [6, 6.07) is 3.35. The van der Waals surface area contributed by atoms with Crippen LogP contribution in [0, 0.1) is 11.2 Å². The Bertz CT molecular complexity index is 946. The van der Waals surface area contributed by atoms with E-state index in [4.69, 9.17) is 22.4 Å². The molecule has 0 saturated carbocycles. The first-order valence-electron chi connectivity index (χ1n) is 8.74. The van der Waals surface area contributed by atoms with E-state index in [-0.39, 0.29) is 16.3 Å². The molecule has 30 heavy (non-hydrogen) atoms. The second kappa shape index (κ2) is 8.69. The van der Waals surface area contributed by atoms with E-state index in [9.17, 15) is 27.2 Å². The summed E-state index contributed by atoms with van der Waals surface area (Å²) in [6.45, 7) is 2.84. The number of ketones is 1. The van der Waals surface area contributed by atoms with Crippen molar-refractivity contribution >= 4 is 23.4 Å². The number of rotatable bonds is 7. The van der Waals surface area contributed by atoms with E-state index in [0.29, 0.717) is 6.07 Å². The molecule has 3 N–H and O–H groups in total. The largest absolute Gasteiger partial charge is 0.480 e. The number of carboxylic acid groups (broad SMARTS) is 1. The van der Waals surface area contributed by atoms with Gasteiger partial charge in [0.15, 0.2) is 0 Å². The van der Waals surface area contributed by atoms with Gasteiger partial charge >= 0.3 is 12.1 Å². The van der Waals surface area contributed by atoms with Crippen molar-refractivity contribution in [2.45, 2.75) is 38.4 Å². The Balaban J connectivity index is 2.64. The number of nitrogens with zero attached hydrogens (tertiary/aromatic N) is 1. The monoisotopic (exact) mass is 446 g/mol. The number of benzene rings is 1. The number of hydrogen-bond acceptors (Lipinski definition) is 4. The second-order valence-corrected chi connectivity index (χ2v) is 7.84. The molecule has 0 bridgehead atoms. The van der Waals surface area contributed by atoms with Crippen LogP contribution in [0.15, 0.2) is 36.5 Å². The van der Waals surface area contributed by atoms with Crippen LogP contribution < -0.4 is 5.73 Å². The number of aliphatic carboxylic acids is 1. The minimum atomic E-state index is -4.81. The third-order valence-electron chi connectivity index (χ3n) is 4.79. The van der Waals surface area contributed by atoms with Crippen LogP contribution in [0.4, 0.5) is 17.6 Å². The van der Waals surface area contributed by atoms with Crippen LogP contribution in [0.5, 0.6) is 0 Å². The molecule has 2 rings (SSSR count). The predicted molar refractivity (Wildman–Crippen MR) is 102 cm³/mol. The number of carboxylic acids is 1. The van der Waals surface area contributed by atoms with E-state index < -0.39 is 53.1 Å². The van der Waals surface area contributed by atoms with Gasteiger partial charge in [0.1, 0.15) is 17.6 Å². The Morgan fingerprint density at radius 1 is 1.20 bits per heavy atom. The third-order valence-corrected chi connectivity index (χ3v) is 5.01. The Labute approximate surface area is 174 Å². The van der Waals surface area contributed by atoms with Gasteiger partial charge in [0, 0.05) is 29.6 Å². The summed E-state index contributed by atoms with van der Waals surface area (Å²) >= 11 is 5.83. The summed E-state index contributed by atoms with van der Waals surface area (Å²) in [5.74, 6) is -4.29. The lowest BCUT2D eigenvalue weighted by Crippen LogP contribution is -2.40. The lowest BCUT2D eigenvalue weighted by Gasteiger charge is -2.34. The van der Waals surface area contributed by atoms with Gasteiger partial charge in [0.05, 0.1) is 10.6 Å². The van der Waals surface area contributed by atoms with Crippen molar-refractivity contribution in [3.8, 4) is 0 Å². The van der Waals surface area contributed by atoms with E-state index >= 15 is 0 Å². The summed E-state index contributed by atoms with van der Waals surface area (Å²) < 4.78 is 53.8. The van der Waals surface area contributed by atoms with Crippen molar-refractivity contribution in [1.29, 1.82) is 0 Å². The highest BCUT2D eigenvalue weighted by Gasteiger charge is 2.42. The fraction of sp³-hybridized carbons (Fsp3) is 0.350. The molecule has 0 saturated heterocycles. The molecule has 10 heteroatoms. The first-order chi connectivity index (χ1) is 13.7. The molecule has 1 heterocycles. The first-order valence-corrected chi connectivity index (χ1v) is 9.12. The molecule has 0 spiro atoms. The van der Waals surface area contributed by atoms with Gasteiger partial charge in [-0.3, -0.25) is 14.6 Å². The minimum absolute atomic E-state index is 0.139. The molecule has 2 unspecified atom stereocenters. The number of halogens is 5. The Morgan fingerprint density at radius 2 is 1.83 bits per heavy atom. The van der Waals surface area contributed by atoms with Gasteiger partial charge in [0.2, 0.25) is 0 Å².